The van der Waals surface area contributed by atoms with E-state index in [1.54, 1.807) is 0 Å². The fourth-order valence-corrected chi connectivity index (χ4v) is 17.4. The normalized spacial score (nSPS) is 17.2. The number of rotatable bonds is 9. The van der Waals surface area contributed by atoms with Crippen molar-refractivity contribution in [1.29, 1.82) is 0 Å². The van der Waals surface area contributed by atoms with Crippen molar-refractivity contribution in [3.63, 3.8) is 0 Å². The van der Waals surface area contributed by atoms with Gasteiger partial charge in [-0.05, 0) is 172 Å². The number of anilines is 6. The van der Waals surface area contributed by atoms with Crippen LogP contribution >= 0.6 is 0 Å². The second kappa shape index (κ2) is 19.3. The van der Waals surface area contributed by atoms with E-state index in [-0.39, 0.29) is 10.8 Å². The lowest BCUT2D eigenvalue weighted by atomic mass is 9.49. The SMILES string of the molecule is CC1(C)c2ccccc2-c2ccc(N(c3ccc4c(c3)C(c3ccccc3)(C3(c5ccccc5)c5ccccc5-c5ccc(N(c6ccc7c(c6)C(C)(C)c6ccccc6-7)c6cccc7ccccc67)cc53)c3ccccc3-4)c3cccc4ccccc34)cc21. The maximum atomic E-state index is 2.60. The molecular formula is C88H64N2. The molecule has 2 nitrogen and oxygen atoms in total. The third kappa shape index (κ3) is 7.05. The molecule has 0 bridgehead atoms. The van der Waals surface area contributed by atoms with Crippen molar-refractivity contribution in [3.8, 4) is 44.5 Å². The Balaban J connectivity index is 0.945. The molecule has 14 aromatic rings. The molecule has 0 saturated carbocycles. The van der Waals surface area contributed by atoms with E-state index >= 15 is 0 Å². The molecule has 90 heavy (non-hydrogen) atoms. The van der Waals surface area contributed by atoms with E-state index in [0.29, 0.717) is 0 Å². The van der Waals surface area contributed by atoms with E-state index in [0.717, 1.165) is 34.1 Å². The first kappa shape index (κ1) is 52.3. The number of benzene rings is 14. The monoisotopic (exact) mass is 1150 g/mol. The molecule has 18 rings (SSSR count). The Morgan fingerprint density at radius 1 is 0.211 bits per heavy atom. The van der Waals surface area contributed by atoms with Gasteiger partial charge < -0.3 is 9.80 Å². The molecule has 2 unspecified atom stereocenters. The Morgan fingerprint density at radius 2 is 0.489 bits per heavy atom. The molecule has 2 atom stereocenters. The van der Waals surface area contributed by atoms with Crippen LogP contribution in [0.4, 0.5) is 34.1 Å². The highest BCUT2D eigenvalue weighted by Gasteiger charge is 2.64. The van der Waals surface area contributed by atoms with Crippen molar-refractivity contribution < 1.29 is 0 Å². The van der Waals surface area contributed by atoms with Gasteiger partial charge in [0, 0.05) is 44.4 Å². The maximum Gasteiger partial charge on any atom is 0.0642 e. The molecule has 0 fully saturated rings. The minimum atomic E-state index is -0.878. The van der Waals surface area contributed by atoms with Crippen molar-refractivity contribution in [1.82, 2.24) is 0 Å². The van der Waals surface area contributed by atoms with E-state index < -0.39 is 10.8 Å². The first-order valence-corrected chi connectivity index (χ1v) is 31.8. The van der Waals surface area contributed by atoms with Crippen molar-refractivity contribution in [2.24, 2.45) is 0 Å². The summed E-state index contributed by atoms with van der Waals surface area (Å²) >= 11 is 0. The molecule has 0 aromatic heterocycles. The smallest absolute Gasteiger partial charge is 0.0642 e. The fraction of sp³-hybridized carbons (Fsp3) is 0.0909. The highest BCUT2D eigenvalue weighted by molar-refractivity contribution is 6.03. The summed E-state index contributed by atoms with van der Waals surface area (Å²) in [6, 6.07) is 121. The van der Waals surface area contributed by atoms with Gasteiger partial charge >= 0.3 is 0 Å². The third-order valence-corrected chi connectivity index (χ3v) is 21.2. The van der Waals surface area contributed by atoms with Crippen molar-refractivity contribution in [3.05, 3.63) is 371 Å². The Labute approximate surface area is 527 Å². The van der Waals surface area contributed by atoms with Crippen LogP contribution in [0.5, 0.6) is 0 Å². The Hall–Kier alpha value is -10.8. The summed E-state index contributed by atoms with van der Waals surface area (Å²) in [7, 11) is 0. The summed E-state index contributed by atoms with van der Waals surface area (Å²) in [6.45, 7) is 9.57. The first-order valence-electron chi connectivity index (χ1n) is 31.8. The van der Waals surface area contributed by atoms with Crippen LogP contribution in [0.2, 0.25) is 0 Å². The molecule has 2 heteroatoms. The zero-order valence-corrected chi connectivity index (χ0v) is 50.9. The Kier molecular flexibility index (Phi) is 11.3. The predicted molar refractivity (Wildman–Crippen MR) is 376 cm³/mol. The van der Waals surface area contributed by atoms with Crippen LogP contribution in [-0.4, -0.2) is 0 Å². The van der Waals surface area contributed by atoms with Gasteiger partial charge in [0.25, 0.3) is 0 Å². The zero-order chi connectivity index (χ0) is 60.1. The van der Waals surface area contributed by atoms with E-state index in [1.165, 1.54) is 122 Å². The minimum Gasteiger partial charge on any atom is -0.310 e. The minimum absolute atomic E-state index is 0.204. The summed E-state index contributed by atoms with van der Waals surface area (Å²) in [5.74, 6) is 0. The second-order valence-electron chi connectivity index (χ2n) is 26.3. The van der Waals surface area contributed by atoms with E-state index in [1.807, 2.05) is 0 Å². The van der Waals surface area contributed by atoms with Gasteiger partial charge in [-0.3, -0.25) is 0 Å². The van der Waals surface area contributed by atoms with Crippen LogP contribution in [-0.2, 0) is 21.7 Å². The largest absolute Gasteiger partial charge is 0.310 e. The molecule has 0 heterocycles. The van der Waals surface area contributed by atoms with Gasteiger partial charge in [-0.1, -0.05) is 282 Å². The molecule has 0 spiro atoms. The third-order valence-electron chi connectivity index (χ3n) is 21.2. The van der Waals surface area contributed by atoms with Gasteiger partial charge in [-0.15, -0.1) is 0 Å². The van der Waals surface area contributed by atoms with Crippen LogP contribution in [0.15, 0.2) is 315 Å². The molecule has 0 radical (unpaired) electrons. The van der Waals surface area contributed by atoms with E-state index in [2.05, 4.69) is 353 Å². The topological polar surface area (TPSA) is 6.48 Å². The summed E-state index contributed by atoms with van der Waals surface area (Å²) < 4.78 is 0. The molecule has 4 aliphatic carbocycles. The van der Waals surface area contributed by atoms with E-state index in [9.17, 15) is 0 Å². The van der Waals surface area contributed by atoms with Gasteiger partial charge in [0.1, 0.15) is 0 Å². The summed E-state index contributed by atoms with van der Waals surface area (Å²) in [4.78, 5) is 5.12. The molecular weight excluding hydrogens is 1080 g/mol. The van der Waals surface area contributed by atoms with Crippen molar-refractivity contribution in [2.75, 3.05) is 9.80 Å². The first-order chi connectivity index (χ1) is 44.2. The molecule has 426 valence electrons. The van der Waals surface area contributed by atoms with Crippen LogP contribution in [0.1, 0.15) is 83.3 Å². The average Bonchev–Trinajstić information content (AvgIpc) is 1.49. The van der Waals surface area contributed by atoms with Crippen LogP contribution < -0.4 is 9.80 Å². The Bertz CT molecular complexity index is 4940. The molecule has 14 aromatic carbocycles. The molecule has 4 aliphatic rings. The number of nitrogens with zero attached hydrogens (tertiary/aromatic N) is 2. The highest BCUT2D eigenvalue weighted by atomic mass is 15.2. The number of hydrogen-bond donors (Lipinski definition) is 0. The maximum absolute atomic E-state index is 2.60. The molecule has 0 N–H and O–H groups in total. The van der Waals surface area contributed by atoms with Gasteiger partial charge in [0.05, 0.1) is 22.2 Å². The fourth-order valence-electron chi connectivity index (χ4n) is 17.4. The molecule has 0 saturated heterocycles. The summed E-state index contributed by atoms with van der Waals surface area (Å²) in [5, 5.41) is 4.79. The zero-order valence-electron chi connectivity index (χ0n) is 50.9. The highest BCUT2D eigenvalue weighted by Crippen LogP contribution is 2.71. The van der Waals surface area contributed by atoms with Crippen LogP contribution in [0.25, 0.3) is 66.1 Å². The summed E-state index contributed by atoms with van der Waals surface area (Å²) in [5.41, 5.74) is 27.7. The lowest BCUT2D eigenvalue weighted by Crippen LogP contribution is -2.50. The molecule has 0 aliphatic heterocycles. The Morgan fingerprint density at radius 3 is 0.878 bits per heavy atom. The second-order valence-corrected chi connectivity index (χ2v) is 26.3. The van der Waals surface area contributed by atoms with E-state index in [4.69, 9.17) is 0 Å². The van der Waals surface area contributed by atoms with Gasteiger partial charge in [-0.25, -0.2) is 0 Å². The predicted octanol–water partition coefficient (Wildman–Crippen LogP) is 22.9. The standard InChI is InChI=1S/C88H64N2/c1-85(2)75-39-19-15-35-67(75)71-49-45-61(53-79(71)85)89(83-43-23-27-57-25-11-13-33-65(57)83)63-47-51-73-69-37-17-21-41-77(69)87(81(73)55-63,59-29-7-5-8-30-59)88(60-31-9-6-10-32-60)78-42-22-18-38-70(78)74-52-48-64(56-82(74)88)90(84-44-24-28-58-26-12-14-34-66(58)84)62-46-50-72-68-36-16-20-40-76(68)86(3,4)80(72)54-62/h5-56H,1-4H3. The lowest BCUT2D eigenvalue weighted by Gasteiger charge is -2.51. The van der Waals surface area contributed by atoms with Gasteiger partial charge in [-0.2, -0.15) is 0 Å². The van der Waals surface area contributed by atoms with Crippen molar-refractivity contribution >= 4 is 55.7 Å². The quantitative estimate of drug-likeness (QED) is 0.142. The van der Waals surface area contributed by atoms with Gasteiger partial charge in [0.15, 0.2) is 0 Å². The van der Waals surface area contributed by atoms with Gasteiger partial charge in [0.2, 0.25) is 0 Å². The average molecular weight is 1150 g/mol. The summed E-state index contributed by atoms with van der Waals surface area (Å²) in [6.07, 6.45) is 0. The molecule has 0 amide bonds. The lowest BCUT2D eigenvalue weighted by molar-refractivity contribution is 0.437. The number of hydrogen-bond acceptors (Lipinski definition) is 2. The number of fused-ring (bicyclic) bond motifs is 14. The van der Waals surface area contributed by atoms with Crippen LogP contribution in [0, 0.1) is 0 Å². The van der Waals surface area contributed by atoms with Crippen LogP contribution in [0.3, 0.4) is 0 Å². The van der Waals surface area contributed by atoms with Crippen molar-refractivity contribution in [2.45, 2.75) is 49.4 Å².